The molecule has 1 aliphatic rings. The zero-order chi connectivity index (χ0) is 12.5. The van der Waals surface area contributed by atoms with Gasteiger partial charge in [0.25, 0.3) is 11.8 Å². The molecular weight excluding hydrogens is 212 g/mol. The fourth-order valence-electron chi connectivity index (χ4n) is 1.46. The van der Waals surface area contributed by atoms with E-state index in [1.807, 2.05) is 0 Å². The molecule has 0 bridgehead atoms. The summed E-state index contributed by atoms with van der Waals surface area (Å²) in [6.45, 7) is 4.64. The van der Waals surface area contributed by atoms with Gasteiger partial charge in [-0.2, -0.15) is 0 Å². The molecule has 1 atom stereocenters. The first kappa shape index (κ1) is 12.6. The monoisotopic (exact) mass is 228 g/mol. The number of ether oxygens (including phenoxy) is 1. The summed E-state index contributed by atoms with van der Waals surface area (Å²) in [6.07, 6.45) is -0.669. The van der Waals surface area contributed by atoms with Crippen LogP contribution in [0.25, 0.3) is 0 Å². The molecule has 1 aliphatic heterocycles. The molecule has 0 aromatic heterocycles. The third kappa shape index (κ3) is 2.06. The minimum absolute atomic E-state index is 0.120. The van der Waals surface area contributed by atoms with Gasteiger partial charge in [-0.15, -0.1) is 0 Å². The maximum absolute atomic E-state index is 11.9. The highest BCUT2D eigenvalue weighted by atomic mass is 16.5. The van der Waals surface area contributed by atoms with Crippen molar-refractivity contribution in [2.24, 2.45) is 0 Å². The van der Waals surface area contributed by atoms with Crippen molar-refractivity contribution < 1.29 is 19.1 Å². The maximum Gasteiger partial charge on any atom is 0.252 e. The van der Waals surface area contributed by atoms with Crippen LogP contribution in [-0.2, 0) is 19.1 Å². The molecule has 90 valence electrons. The van der Waals surface area contributed by atoms with E-state index >= 15 is 0 Å². The van der Waals surface area contributed by atoms with Gasteiger partial charge < -0.3 is 9.64 Å². The topological polar surface area (TPSA) is 75.7 Å². The first-order valence-electron chi connectivity index (χ1n) is 4.99. The van der Waals surface area contributed by atoms with E-state index in [4.69, 9.17) is 4.74 Å². The van der Waals surface area contributed by atoms with Gasteiger partial charge in [0.1, 0.15) is 18.2 Å². The first-order chi connectivity index (χ1) is 7.30. The summed E-state index contributed by atoms with van der Waals surface area (Å²) >= 11 is 0. The fourth-order valence-corrected chi connectivity index (χ4v) is 1.46. The highest BCUT2D eigenvalue weighted by molar-refractivity contribution is 6.06. The van der Waals surface area contributed by atoms with Crippen molar-refractivity contribution in [2.75, 3.05) is 13.7 Å². The molecule has 0 spiro atoms. The van der Waals surface area contributed by atoms with Crippen molar-refractivity contribution in [3.05, 3.63) is 0 Å². The van der Waals surface area contributed by atoms with E-state index in [9.17, 15) is 14.4 Å². The molecule has 1 unspecified atom stereocenters. The van der Waals surface area contributed by atoms with E-state index in [0.29, 0.717) is 0 Å². The zero-order valence-corrected chi connectivity index (χ0v) is 9.86. The number of carbonyl (C=O) groups excluding carboxylic acids is 3. The molecule has 0 aliphatic carbocycles. The quantitative estimate of drug-likeness (QED) is 0.633. The average molecular weight is 228 g/mol. The number of hydrogen-bond donors (Lipinski definition) is 1. The first-order valence-corrected chi connectivity index (χ1v) is 4.99. The Bertz CT molecular complexity index is 338. The van der Waals surface area contributed by atoms with Crippen LogP contribution in [0.4, 0.5) is 0 Å². The molecule has 1 saturated heterocycles. The molecule has 0 aromatic rings. The van der Waals surface area contributed by atoms with Crippen LogP contribution in [0.1, 0.15) is 20.8 Å². The summed E-state index contributed by atoms with van der Waals surface area (Å²) in [5.41, 5.74) is -1.03. The number of nitrogens with one attached hydrogen (secondary N) is 1. The van der Waals surface area contributed by atoms with Gasteiger partial charge in [0.05, 0.1) is 0 Å². The predicted octanol–water partition coefficient (Wildman–Crippen LogP) is -0.715. The van der Waals surface area contributed by atoms with Crippen molar-refractivity contribution in [3.63, 3.8) is 0 Å². The van der Waals surface area contributed by atoms with Crippen LogP contribution in [0.2, 0.25) is 0 Å². The fraction of sp³-hybridized carbons (Fsp3) is 0.700. The lowest BCUT2D eigenvalue weighted by molar-refractivity contribution is -0.160. The van der Waals surface area contributed by atoms with Crippen molar-refractivity contribution in [2.45, 2.75) is 32.4 Å². The van der Waals surface area contributed by atoms with Crippen LogP contribution in [-0.4, -0.2) is 47.9 Å². The summed E-state index contributed by atoms with van der Waals surface area (Å²) in [4.78, 5) is 35.9. The smallest absolute Gasteiger partial charge is 0.252 e. The summed E-state index contributed by atoms with van der Waals surface area (Å²) < 4.78 is 4.89. The third-order valence-electron chi connectivity index (χ3n) is 2.75. The van der Waals surface area contributed by atoms with Gasteiger partial charge in [0.2, 0.25) is 5.91 Å². The Labute approximate surface area is 93.9 Å². The number of piperazine rings is 1. The maximum atomic E-state index is 11.9. The SMILES string of the molecule is COC(C)C(=O)N1CC(=O)NC(=O)C1(C)C. The van der Waals surface area contributed by atoms with E-state index in [0.717, 1.165) is 0 Å². The largest absolute Gasteiger partial charge is 0.372 e. The van der Waals surface area contributed by atoms with Crippen molar-refractivity contribution in [1.29, 1.82) is 0 Å². The molecule has 1 N–H and O–H groups in total. The Morgan fingerprint density at radius 1 is 1.50 bits per heavy atom. The van der Waals surface area contributed by atoms with Crippen LogP contribution in [0, 0.1) is 0 Å². The van der Waals surface area contributed by atoms with Gasteiger partial charge in [-0.05, 0) is 20.8 Å². The number of hydrogen-bond acceptors (Lipinski definition) is 4. The van der Waals surface area contributed by atoms with Gasteiger partial charge in [-0.3, -0.25) is 19.7 Å². The molecule has 1 fully saturated rings. The van der Waals surface area contributed by atoms with Crippen molar-refractivity contribution in [1.82, 2.24) is 10.2 Å². The van der Waals surface area contributed by atoms with E-state index < -0.39 is 23.5 Å². The van der Waals surface area contributed by atoms with E-state index in [1.165, 1.54) is 12.0 Å². The molecule has 0 radical (unpaired) electrons. The lowest BCUT2D eigenvalue weighted by Gasteiger charge is -2.41. The lowest BCUT2D eigenvalue weighted by atomic mass is 9.98. The molecule has 6 nitrogen and oxygen atoms in total. The van der Waals surface area contributed by atoms with Gasteiger partial charge in [0.15, 0.2) is 0 Å². The van der Waals surface area contributed by atoms with Crippen molar-refractivity contribution in [3.8, 4) is 0 Å². The molecule has 1 heterocycles. The second kappa shape index (κ2) is 4.21. The Kier molecular flexibility index (Phi) is 3.32. The van der Waals surface area contributed by atoms with Gasteiger partial charge in [-0.25, -0.2) is 0 Å². The average Bonchev–Trinajstić information content (AvgIpc) is 2.21. The minimum atomic E-state index is -1.03. The summed E-state index contributed by atoms with van der Waals surface area (Å²) in [5, 5.41) is 2.20. The Hall–Kier alpha value is -1.43. The molecule has 0 aromatic carbocycles. The van der Waals surface area contributed by atoms with Crippen molar-refractivity contribution >= 4 is 17.7 Å². The Morgan fingerprint density at radius 3 is 2.56 bits per heavy atom. The molecule has 0 saturated carbocycles. The van der Waals surface area contributed by atoms with Gasteiger partial charge in [-0.1, -0.05) is 0 Å². The number of nitrogens with zero attached hydrogens (tertiary/aromatic N) is 1. The number of carbonyl (C=O) groups is 3. The van der Waals surface area contributed by atoms with E-state index in [-0.39, 0.29) is 12.5 Å². The number of amides is 3. The second-order valence-corrected chi connectivity index (χ2v) is 4.24. The third-order valence-corrected chi connectivity index (χ3v) is 2.75. The van der Waals surface area contributed by atoms with Crippen LogP contribution in [0.3, 0.4) is 0 Å². The second-order valence-electron chi connectivity index (χ2n) is 4.24. The summed E-state index contributed by atoms with van der Waals surface area (Å²) in [7, 11) is 1.40. The number of rotatable bonds is 2. The predicted molar refractivity (Wildman–Crippen MR) is 55.4 cm³/mol. The van der Waals surface area contributed by atoms with Crippen LogP contribution < -0.4 is 5.32 Å². The lowest BCUT2D eigenvalue weighted by Crippen LogP contribution is -2.66. The van der Waals surface area contributed by atoms with Gasteiger partial charge >= 0.3 is 0 Å². The molecule has 3 amide bonds. The minimum Gasteiger partial charge on any atom is -0.372 e. The highest BCUT2D eigenvalue weighted by Gasteiger charge is 2.44. The Balaban J connectivity index is 2.96. The standard InChI is InChI=1S/C10H16N2O4/c1-6(16-4)8(14)12-5-7(13)11-9(15)10(12,2)3/h6H,5H2,1-4H3,(H,11,13,15). The number of methoxy groups -OCH3 is 1. The van der Waals surface area contributed by atoms with Crippen LogP contribution in [0.5, 0.6) is 0 Å². The normalized spacial score (nSPS) is 21.6. The highest BCUT2D eigenvalue weighted by Crippen LogP contribution is 2.19. The van der Waals surface area contributed by atoms with Gasteiger partial charge in [0, 0.05) is 7.11 Å². The zero-order valence-electron chi connectivity index (χ0n) is 9.86. The number of imide groups is 1. The summed E-state index contributed by atoms with van der Waals surface area (Å²) in [5.74, 6) is -1.31. The summed E-state index contributed by atoms with van der Waals surface area (Å²) in [6, 6.07) is 0. The van der Waals surface area contributed by atoms with E-state index in [1.54, 1.807) is 20.8 Å². The molecule has 6 heteroatoms. The van der Waals surface area contributed by atoms with E-state index in [2.05, 4.69) is 5.32 Å². The molecule has 1 rings (SSSR count). The van der Waals surface area contributed by atoms with Crippen LogP contribution >= 0.6 is 0 Å². The molecule has 16 heavy (non-hydrogen) atoms. The Morgan fingerprint density at radius 2 is 2.06 bits per heavy atom. The van der Waals surface area contributed by atoms with Crippen LogP contribution in [0.15, 0.2) is 0 Å². The molecular formula is C10H16N2O4.